The number of nitrogens with one attached hydrogen (secondary N) is 1. The number of aliphatic hydroxyl groups is 1. The summed E-state index contributed by atoms with van der Waals surface area (Å²) in [6.45, 7) is 0. The Labute approximate surface area is 40.7 Å². The average Bonchev–Trinajstić information content (AvgIpc) is 1.33. The van der Waals surface area contributed by atoms with Gasteiger partial charge in [-0.3, -0.25) is 5.41 Å². The Hall–Kier alpha value is -1.44. The van der Waals surface area contributed by atoms with Crippen LogP contribution in [0.15, 0.2) is 0 Å². The molecule has 0 bridgehead atoms. The molecule has 0 amide bonds. The maximum absolute atomic E-state index is 6.88. The van der Waals surface area contributed by atoms with Crippen LogP contribution < -0.4 is 11.5 Å². The van der Waals surface area contributed by atoms with E-state index in [0.29, 0.717) is 0 Å². The first-order chi connectivity index (χ1) is 3.15. The third-order valence-corrected chi connectivity index (χ3v) is 0. The lowest BCUT2D eigenvalue weighted by Crippen LogP contribution is -2.20. The van der Waals surface area contributed by atoms with E-state index < -0.39 is 0 Å². The fourth-order valence-corrected chi connectivity index (χ4v) is 0. The van der Waals surface area contributed by atoms with Crippen molar-refractivity contribution >= 4 is 5.96 Å². The van der Waals surface area contributed by atoms with Crippen LogP contribution in [-0.2, 0) is 0 Å². The van der Waals surface area contributed by atoms with Gasteiger partial charge in [-0.05, 0) is 0 Å². The van der Waals surface area contributed by atoms with E-state index in [2.05, 4.69) is 11.5 Å². The molecule has 0 atom stereocenters. The first kappa shape index (κ1) is 9.12. The molecule has 0 aliphatic carbocycles. The van der Waals surface area contributed by atoms with E-state index >= 15 is 0 Å². The van der Waals surface area contributed by atoms with Crippen LogP contribution in [0.4, 0.5) is 0 Å². The molecule has 0 heterocycles. The largest absolute Gasteiger partial charge is 0.443 e. The van der Waals surface area contributed by atoms with Crippen LogP contribution in [0.2, 0.25) is 0 Å². The minimum absolute atomic E-state index is 0.333. The monoisotopic (exact) mass is 102 g/mol. The van der Waals surface area contributed by atoms with Crippen molar-refractivity contribution in [3.63, 3.8) is 0 Å². The van der Waals surface area contributed by atoms with Gasteiger partial charge in [-0.2, -0.15) is 5.26 Å². The van der Waals surface area contributed by atoms with E-state index in [1.165, 1.54) is 0 Å². The number of guanidine groups is 1. The lowest BCUT2D eigenvalue weighted by Gasteiger charge is -1.69. The second-order valence-electron chi connectivity index (χ2n) is 0.555. The number of hydrogen-bond acceptors (Lipinski definition) is 3. The van der Waals surface area contributed by atoms with E-state index in [9.17, 15) is 0 Å². The number of nitrogens with zero attached hydrogens (tertiary/aromatic N) is 1. The average molecular weight is 102 g/mol. The molecule has 0 saturated carbocycles. The molecule has 0 aromatic heterocycles. The van der Waals surface area contributed by atoms with Crippen LogP contribution in [-0.4, -0.2) is 11.1 Å². The highest BCUT2D eigenvalue weighted by Gasteiger charge is 1.52. The molecule has 0 aromatic rings. The summed E-state index contributed by atoms with van der Waals surface area (Å²) in [7, 11) is 0. The van der Waals surface area contributed by atoms with Crippen LogP contribution in [0.3, 0.4) is 0 Å². The van der Waals surface area contributed by atoms with Crippen LogP contribution in [0.1, 0.15) is 0 Å². The van der Waals surface area contributed by atoms with Crippen molar-refractivity contribution in [1.82, 2.24) is 0 Å². The van der Waals surface area contributed by atoms with Crippen molar-refractivity contribution in [3.8, 4) is 6.26 Å². The highest BCUT2D eigenvalue weighted by atomic mass is 16.2. The molecule has 0 aliphatic heterocycles. The predicted octanol–water partition coefficient (Wildman–Crippen LogP) is -1.32. The smallest absolute Gasteiger partial charge is 0.283 e. The van der Waals surface area contributed by atoms with Gasteiger partial charge in [0.15, 0.2) is 5.96 Å². The van der Waals surface area contributed by atoms with Crippen LogP contribution >= 0.6 is 0 Å². The minimum Gasteiger partial charge on any atom is -0.443 e. The molecule has 0 aliphatic rings. The Kier molecular flexibility index (Phi) is 11.5. The Morgan fingerprint density at radius 3 is 1.71 bits per heavy atom. The Bertz CT molecular complexity index is 78.2. The summed E-state index contributed by atoms with van der Waals surface area (Å²) < 4.78 is 0. The van der Waals surface area contributed by atoms with E-state index in [0.717, 1.165) is 6.26 Å². The van der Waals surface area contributed by atoms with Gasteiger partial charge in [0, 0.05) is 0 Å². The molecule has 5 heteroatoms. The van der Waals surface area contributed by atoms with Gasteiger partial charge in [0.1, 0.15) is 0 Å². The van der Waals surface area contributed by atoms with Gasteiger partial charge in [-0.1, -0.05) is 0 Å². The normalized spacial score (nSPS) is 4.43. The highest BCUT2D eigenvalue weighted by molar-refractivity contribution is 5.71. The van der Waals surface area contributed by atoms with Crippen molar-refractivity contribution < 1.29 is 5.11 Å². The molecule has 6 N–H and O–H groups in total. The summed E-state index contributed by atoms with van der Waals surface area (Å²) in [5, 5.41) is 19.8. The molecule has 0 unspecified atom stereocenters. The van der Waals surface area contributed by atoms with E-state index in [1.807, 2.05) is 0 Å². The second-order valence-corrected chi connectivity index (χ2v) is 0.555. The molecule has 0 saturated heterocycles. The number of rotatable bonds is 0. The third kappa shape index (κ3) is 14.4. The molecule has 0 aromatic carbocycles. The maximum atomic E-state index is 6.88. The molecule has 0 spiro atoms. The minimum atomic E-state index is -0.333. The van der Waals surface area contributed by atoms with Crippen molar-refractivity contribution in [2.75, 3.05) is 0 Å². The molecule has 0 radical (unpaired) electrons. The molecule has 0 fully saturated rings. The molecule has 0 rings (SSSR count). The lowest BCUT2D eigenvalue weighted by molar-refractivity contribution is 0.503. The summed E-state index contributed by atoms with van der Waals surface area (Å²) in [6.07, 6.45) is 0.750. The topological polar surface area (TPSA) is 120 Å². The van der Waals surface area contributed by atoms with Crippen LogP contribution in [0, 0.1) is 16.9 Å². The van der Waals surface area contributed by atoms with Gasteiger partial charge in [0.2, 0.25) is 0 Å². The number of hydrogen-bond donors (Lipinski definition) is 4. The molecular weight excluding hydrogens is 96.0 g/mol. The zero-order valence-corrected chi connectivity index (χ0v) is 3.55. The van der Waals surface area contributed by atoms with Gasteiger partial charge in [0.05, 0.1) is 0 Å². The third-order valence-electron chi connectivity index (χ3n) is 0. The van der Waals surface area contributed by atoms with Gasteiger partial charge in [-0.15, -0.1) is 0 Å². The first-order valence-corrected chi connectivity index (χ1v) is 1.27. The number of aliphatic hydroxyl groups excluding tert-OH is 1. The number of nitrogens with two attached hydrogens (primary N) is 2. The van der Waals surface area contributed by atoms with E-state index in [4.69, 9.17) is 15.8 Å². The van der Waals surface area contributed by atoms with Crippen LogP contribution in [0.25, 0.3) is 0 Å². The summed E-state index contributed by atoms with van der Waals surface area (Å²) in [5.74, 6) is -0.333. The standard InChI is InChI=1S/CH5N3.CHNO/c2-1(3)4;2-1-3/h(H5,2,3,4);3H. The summed E-state index contributed by atoms with van der Waals surface area (Å²) in [6, 6.07) is 0. The summed E-state index contributed by atoms with van der Waals surface area (Å²) >= 11 is 0. The first-order valence-electron chi connectivity index (χ1n) is 1.27. The summed E-state index contributed by atoms with van der Waals surface area (Å²) in [4.78, 5) is 0. The van der Waals surface area contributed by atoms with Crippen molar-refractivity contribution in [2.45, 2.75) is 0 Å². The zero-order chi connectivity index (χ0) is 6.28. The van der Waals surface area contributed by atoms with Gasteiger partial charge in [-0.25, -0.2) is 0 Å². The van der Waals surface area contributed by atoms with Gasteiger partial charge >= 0.3 is 0 Å². The fraction of sp³-hybridized carbons (Fsp3) is 0. The molecule has 40 valence electrons. The second kappa shape index (κ2) is 8.82. The molecule has 5 nitrogen and oxygen atoms in total. The van der Waals surface area contributed by atoms with Gasteiger partial charge < -0.3 is 16.6 Å². The van der Waals surface area contributed by atoms with Crippen molar-refractivity contribution in [3.05, 3.63) is 0 Å². The van der Waals surface area contributed by atoms with Crippen molar-refractivity contribution in [2.24, 2.45) is 11.5 Å². The molecular formula is C2H6N4O. The van der Waals surface area contributed by atoms with Crippen molar-refractivity contribution in [1.29, 1.82) is 10.7 Å². The quantitative estimate of drug-likeness (QED) is 0.172. The maximum Gasteiger partial charge on any atom is 0.283 e. The highest BCUT2D eigenvalue weighted by Crippen LogP contribution is 1.13. The summed E-state index contributed by atoms with van der Waals surface area (Å²) in [5.41, 5.74) is 8.94. The zero-order valence-electron chi connectivity index (χ0n) is 3.55. The Balaban J connectivity index is 0. The fourth-order valence-electron chi connectivity index (χ4n) is 0. The molecule has 7 heavy (non-hydrogen) atoms. The van der Waals surface area contributed by atoms with E-state index in [-0.39, 0.29) is 5.96 Å². The lowest BCUT2D eigenvalue weighted by atomic mass is 11.1. The number of nitriles is 1. The Morgan fingerprint density at radius 1 is 1.71 bits per heavy atom. The van der Waals surface area contributed by atoms with Crippen LogP contribution in [0.5, 0.6) is 0 Å². The van der Waals surface area contributed by atoms with E-state index in [1.54, 1.807) is 0 Å². The van der Waals surface area contributed by atoms with Gasteiger partial charge in [0.25, 0.3) is 6.26 Å². The predicted molar refractivity (Wildman–Crippen MR) is 23.7 cm³/mol. The SMILES string of the molecule is N#CO.N=C(N)N. The Morgan fingerprint density at radius 2 is 1.71 bits per heavy atom.